The van der Waals surface area contributed by atoms with Crippen molar-refractivity contribution in [3.8, 4) is 0 Å². The van der Waals surface area contributed by atoms with Crippen LogP contribution >= 0.6 is 15.9 Å². The van der Waals surface area contributed by atoms with Crippen LogP contribution < -0.4 is 0 Å². The van der Waals surface area contributed by atoms with E-state index in [1.54, 1.807) is 0 Å². The predicted octanol–water partition coefficient (Wildman–Crippen LogP) is 3.48. The van der Waals surface area contributed by atoms with Gasteiger partial charge in [-0.25, -0.2) is 0 Å². The van der Waals surface area contributed by atoms with Gasteiger partial charge in [0, 0.05) is 10.5 Å². The van der Waals surface area contributed by atoms with Crippen LogP contribution in [0.15, 0.2) is 28.7 Å². The molecule has 0 spiro atoms. The molecule has 1 aromatic carbocycles. The Morgan fingerprint density at radius 1 is 1.19 bits per heavy atom. The molecule has 0 radical (unpaired) electrons. The summed E-state index contributed by atoms with van der Waals surface area (Å²) in [4.78, 5) is 2.69. The number of benzene rings is 1. The summed E-state index contributed by atoms with van der Waals surface area (Å²) in [6.07, 6.45) is 5.51. The topological polar surface area (TPSA) is 3.24 Å². The molecule has 3 aliphatic heterocycles. The van der Waals surface area contributed by atoms with Crippen LogP contribution in [0.1, 0.15) is 24.8 Å². The number of piperidine rings is 3. The Morgan fingerprint density at radius 3 is 2.56 bits per heavy atom. The van der Waals surface area contributed by atoms with Crippen LogP contribution in [-0.2, 0) is 6.42 Å². The maximum atomic E-state index is 3.66. The van der Waals surface area contributed by atoms with Gasteiger partial charge >= 0.3 is 0 Å². The zero-order valence-electron chi connectivity index (χ0n) is 9.53. The highest BCUT2D eigenvalue weighted by molar-refractivity contribution is 9.10. The number of rotatable bonds is 2. The number of nitrogens with zero attached hydrogens (tertiary/aromatic N) is 1. The third-order valence-electron chi connectivity index (χ3n) is 4.18. The normalized spacial score (nSPS) is 32.9. The van der Waals surface area contributed by atoms with E-state index in [1.807, 2.05) is 0 Å². The Hall–Kier alpha value is -0.340. The number of fused-ring (bicyclic) bond motifs is 3. The van der Waals surface area contributed by atoms with Crippen LogP contribution in [0.4, 0.5) is 0 Å². The molecule has 1 nitrogen and oxygen atoms in total. The third kappa shape index (κ3) is 2.05. The van der Waals surface area contributed by atoms with Gasteiger partial charge in [-0.15, -0.1) is 0 Å². The molecule has 1 aromatic rings. The van der Waals surface area contributed by atoms with Gasteiger partial charge in [-0.05, 0) is 56.3 Å². The molecule has 4 rings (SSSR count). The molecular weight excluding hydrogens is 262 g/mol. The summed E-state index contributed by atoms with van der Waals surface area (Å²) in [5.74, 6) is 1.01. The Kier molecular flexibility index (Phi) is 3.03. The first-order chi connectivity index (χ1) is 7.83. The van der Waals surface area contributed by atoms with E-state index < -0.39 is 0 Å². The molecular formula is C14H18BrN. The van der Waals surface area contributed by atoms with Gasteiger partial charge in [-0.3, -0.25) is 0 Å². The second kappa shape index (κ2) is 4.50. The van der Waals surface area contributed by atoms with E-state index in [4.69, 9.17) is 0 Å². The Bertz CT molecular complexity index is 369. The van der Waals surface area contributed by atoms with Gasteiger partial charge in [0.25, 0.3) is 0 Å². The molecule has 86 valence electrons. The third-order valence-corrected chi connectivity index (χ3v) is 4.96. The van der Waals surface area contributed by atoms with E-state index >= 15 is 0 Å². The first-order valence-corrected chi connectivity index (χ1v) is 7.09. The van der Waals surface area contributed by atoms with E-state index in [1.165, 1.54) is 48.8 Å². The largest absolute Gasteiger partial charge is 0.300 e. The summed E-state index contributed by atoms with van der Waals surface area (Å²) < 4.78 is 1.28. The van der Waals surface area contributed by atoms with Gasteiger partial charge in [-0.1, -0.05) is 34.1 Å². The quantitative estimate of drug-likeness (QED) is 0.801. The molecule has 0 saturated carbocycles. The maximum absolute atomic E-state index is 3.66. The summed E-state index contributed by atoms with van der Waals surface area (Å²) in [6.45, 7) is 2.67. The van der Waals surface area contributed by atoms with Gasteiger partial charge in [0.1, 0.15) is 0 Å². The zero-order valence-corrected chi connectivity index (χ0v) is 11.1. The van der Waals surface area contributed by atoms with Crippen LogP contribution in [0.2, 0.25) is 0 Å². The fourth-order valence-corrected chi connectivity index (χ4v) is 3.66. The predicted molar refractivity (Wildman–Crippen MR) is 70.5 cm³/mol. The van der Waals surface area contributed by atoms with Gasteiger partial charge in [0.2, 0.25) is 0 Å². The standard InChI is InChI=1S/C14H18BrN/c15-14-4-2-1-3-12(14)10-13-9-11-5-7-16(13)8-6-11/h1-4,11,13H,5-10H2. The lowest BCUT2D eigenvalue weighted by Gasteiger charge is -2.45. The highest BCUT2D eigenvalue weighted by atomic mass is 79.9. The lowest BCUT2D eigenvalue weighted by molar-refractivity contribution is 0.0498. The minimum Gasteiger partial charge on any atom is -0.300 e. The second-order valence-corrected chi connectivity index (χ2v) is 6.02. The average Bonchev–Trinajstić information content (AvgIpc) is 2.34. The Morgan fingerprint density at radius 2 is 1.94 bits per heavy atom. The molecule has 3 fully saturated rings. The van der Waals surface area contributed by atoms with Crippen LogP contribution in [0.5, 0.6) is 0 Å². The van der Waals surface area contributed by atoms with E-state index in [-0.39, 0.29) is 0 Å². The molecule has 0 N–H and O–H groups in total. The lowest BCUT2D eigenvalue weighted by atomic mass is 9.81. The van der Waals surface area contributed by atoms with Crippen LogP contribution in [0.25, 0.3) is 0 Å². The summed E-state index contributed by atoms with van der Waals surface area (Å²) in [6, 6.07) is 9.46. The van der Waals surface area contributed by atoms with Crippen LogP contribution in [0.3, 0.4) is 0 Å². The molecule has 3 heterocycles. The van der Waals surface area contributed by atoms with E-state index in [9.17, 15) is 0 Å². The summed E-state index contributed by atoms with van der Waals surface area (Å²) in [5, 5.41) is 0. The van der Waals surface area contributed by atoms with E-state index in [0.29, 0.717) is 0 Å². The van der Waals surface area contributed by atoms with E-state index in [2.05, 4.69) is 45.1 Å². The molecule has 3 aliphatic rings. The van der Waals surface area contributed by atoms with Crippen molar-refractivity contribution in [1.82, 2.24) is 4.90 Å². The van der Waals surface area contributed by atoms with E-state index in [0.717, 1.165) is 12.0 Å². The van der Waals surface area contributed by atoms with Crippen molar-refractivity contribution in [2.24, 2.45) is 5.92 Å². The number of halogens is 1. The average molecular weight is 280 g/mol. The first-order valence-electron chi connectivity index (χ1n) is 6.30. The van der Waals surface area contributed by atoms with Crippen LogP contribution in [0, 0.1) is 5.92 Å². The fraction of sp³-hybridized carbons (Fsp3) is 0.571. The first kappa shape index (κ1) is 10.8. The van der Waals surface area contributed by atoms with Crippen molar-refractivity contribution < 1.29 is 0 Å². The van der Waals surface area contributed by atoms with Gasteiger partial charge < -0.3 is 4.90 Å². The molecule has 16 heavy (non-hydrogen) atoms. The van der Waals surface area contributed by atoms with Crippen molar-refractivity contribution in [3.63, 3.8) is 0 Å². The van der Waals surface area contributed by atoms with Gasteiger partial charge in [0.15, 0.2) is 0 Å². The lowest BCUT2D eigenvalue weighted by Crippen LogP contribution is -2.49. The summed E-state index contributed by atoms with van der Waals surface area (Å²) >= 11 is 3.66. The highest BCUT2D eigenvalue weighted by Crippen LogP contribution is 2.34. The van der Waals surface area contributed by atoms with Crippen molar-refractivity contribution in [1.29, 1.82) is 0 Å². The molecule has 1 unspecified atom stereocenters. The highest BCUT2D eigenvalue weighted by Gasteiger charge is 2.33. The minimum atomic E-state index is 0.797. The smallest absolute Gasteiger partial charge is 0.0207 e. The fourth-order valence-electron chi connectivity index (χ4n) is 3.22. The minimum absolute atomic E-state index is 0.797. The van der Waals surface area contributed by atoms with Gasteiger partial charge in [-0.2, -0.15) is 0 Å². The van der Waals surface area contributed by atoms with Crippen molar-refractivity contribution in [2.45, 2.75) is 31.7 Å². The Labute approximate surface area is 106 Å². The molecule has 2 heteroatoms. The van der Waals surface area contributed by atoms with Gasteiger partial charge in [0.05, 0.1) is 0 Å². The van der Waals surface area contributed by atoms with Crippen molar-refractivity contribution >= 4 is 15.9 Å². The summed E-state index contributed by atoms with van der Waals surface area (Å²) in [7, 11) is 0. The monoisotopic (exact) mass is 279 g/mol. The van der Waals surface area contributed by atoms with Crippen LogP contribution in [-0.4, -0.2) is 24.0 Å². The van der Waals surface area contributed by atoms with Crippen molar-refractivity contribution in [3.05, 3.63) is 34.3 Å². The second-order valence-electron chi connectivity index (χ2n) is 5.16. The molecule has 1 atom stereocenters. The summed E-state index contributed by atoms with van der Waals surface area (Å²) in [5.41, 5.74) is 1.47. The Balaban J connectivity index is 1.73. The SMILES string of the molecule is Brc1ccccc1CC1CC2CCN1CC2. The molecule has 2 bridgehead atoms. The zero-order chi connectivity index (χ0) is 11.0. The maximum Gasteiger partial charge on any atom is 0.0207 e. The molecule has 0 amide bonds. The number of hydrogen-bond donors (Lipinski definition) is 0. The van der Waals surface area contributed by atoms with Crippen molar-refractivity contribution in [2.75, 3.05) is 13.1 Å². The molecule has 3 saturated heterocycles. The molecule has 0 aromatic heterocycles. The number of hydrogen-bond acceptors (Lipinski definition) is 1. The molecule has 0 aliphatic carbocycles.